The van der Waals surface area contributed by atoms with Crippen molar-refractivity contribution in [2.45, 2.75) is 25.5 Å². The zero-order chi connectivity index (χ0) is 13.3. The molecule has 7 nitrogen and oxygen atoms in total. The van der Waals surface area contributed by atoms with Gasteiger partial charge in [0.15, 0.2) is 5.82 Å². The Morgan fingerprint density at radius 3 is 3.06 bits per heavy atom. The Morgan fingerprint density at radius 1 is 1.78 bits per heavy atom. The average Bonchev–Trinajstić information content (AvgIpc) is 2.64. The summed E-state index contributed by atoms with van der Waals surface area (Å²) in [5, 5.41) is 8.46. The van der Waals surface area contributed by atoms with Crippen molar-refractivity contribution in [2.75, 3.05) is 6.16 Å². The number of nitrogens with zero attached hydrogens (tertiary/aromatic N) is 2. The van der Waals surface area contributed by atoms with E-state index in [0.717, 1.165) is 10.8 Å². The van der Waals surface area contributed by atoms with Crippen molar-refractivity contribution in [1.29, 1.82) is 0 Å². The molecule has 18 heavy (non-hydrogen) atoms. The van der Waals surface area contributed by atoms with E-state index < -0.39 is 25.9 Å². The highest BCUT2D eigenvalue weighted by atomic mass is 31.1. The van der Waals surface area contributed by atoms with Crippen LogP contribution in [0.5, 0.6) is 0 Å². The molecule has 0 aromatic carbocycles. The van der Waals surface area contributed by atoms with Gasteiger partial charge >= 0.3 is 5.69 Å². The second-order valence-corrected chi connectivity index (χ2v) is 5.84. The number of hydroxylamine groups is 1. The van der Waals surface area contributed by atoms with Crippen molar-refractivity contribution < 1.29 is 19.2 Å². The number of halogens is 1. The lowest BCUT2D eigenvalue weighted by Gasteiger charge is -2.13. The van der Waals surface area contributed by atoms with Crippen LogP contribution in [0.25, 0.3) is 0 Å². The van der Waals surface area contributed by atoms with E-state index in [1.54, 1.807) is 12.4 Å². The van der Waals surface area contributed by atoms with Crippen molar-refractivity contribution in [3.8, 4) is 0 Å². The third kappa shape index (κ3) is 2.57. The van der Waals surface area contributed by atoms with Gasteiger partial charge in [0.1, 0.15) is 12.1 Å². The fourth-order valence-corrected chi connectivity index (χ4v) is 2.85. The van der Waals surface area contributed by atoms with E-state index in [0.29, 0.717) is 0 Å². The van der Waals surface area contributed by atoms with Crippen molar-refractivity contribution in [1.82, 2.24) is 15.0 Å². The van der Waals surface area contributed by atoms with Gasteiger partial charge in [-0.05, 0) is 6.92 Å². The lowest BCUT2D eigenvalue weighted by atomic mass is 10.4. The highest BCUT2D eigenvalue weighted by Gasteiger charge is 2.33. The maximum atomic E-state index is 13.6. The van der Waals surface area contributed by atoms with Crippen LogP contribution in [0.3, 0.4) is 0 Å². The summed E-state index contributed by atoms with van der Waals surface area (Å²) in [6, 6.07) is 0. The van der Waals surface area contributed by atoms with Gasteiger partial charge in [0.05, 0.1) is 20.4 Å². The van der Waals surface area contributed by atoms with E-state index in [1.165, 1.54) is 0 Å². The fourth-order valence-electron chi connectivity index (χ4n) is 1.69. The normalized spacial score (nSPS) is 27.7. The lowest BCUT2D eigenvalue weighted by Crippen LogP contribution is -2.30. The van der Waals surface area contributed by atoms with Crippen LogP contribution in [0.4, 0.5) is 4.39 Å². The van der Waals surface area contributed by atoms with E-state index in [-0.39, 0.29) is 24.2 Å². The highest BCUT2D eigenvalue weighted by molar-refractivity contribution is 7.52. The van der Waals surface area contributed by atoms with Crippen LogP contribution in [-0.4, -0.2) is 31.7 Å². The Labute approximate surface area is 103 Å². The van der Waals surface area contributed by atoms with E-state index in [1.807, 2.05) is 0 Å². The van der Waals surface area contributed by atoms with Crippen LogP contribution in [0.15, 0.2) is 11.0 Å². The van der Waals surface area contributed by atoms with Gasteiger partial charge < -0.3 is 14.8 Å². The van der Waals surface area contributed by atoms with Gasteiger partial charge in [-0.15, -0.1) is 0 Å². The molecule has 0 radical (unpaired) electrons. The summed E-state index contributed by atoms with van der Waals surface area (Å²) in [4.78, 5) is 24.8. The summed E-state index contributed by atoms with van der Waals surface area (Å²) in [5.41, 5.74) is 0.889. The minimum Gasteiger partial charge on any atom is -0.371 e. The SMILES string of the molecule is C[C@H]1O[C@@H](n2cc(F)c(CNO)nc2=O)C[P@@]1O. The van der Waals surface area contributed by atoms with Crippen LogP contribution in [-0.2, 0) is 11.3 Å². The van der Waals surface area contributed by atoms with Crippen molar-refractivity contribution >= 4 is 8.15 Å². The molecule has 100 valence electrons. The van der Waals surface area contributed by atoms with Gasteiger partial charge in [-0.25, -0.2) is 9.18 Å². The Balaban J connectivity index is 2.30. The molecule has 3 atom stereocenters. The second kappa shape index (κ2) is 5.38. The first-order chi connectivity index (χ1) is 8.52. The zero-order valence-corrected chi connectivity index (χ0v) is 10.5. The number of rotatable bonds is 3. The van der Waals surface area contributed by atoms with E-state index in [4.69, 9.17) is 9.94 Å². The molecule has 9 heteroatoms. The predicted octanol–water partition coefficient (Wildman–Crippen LogP) is 0.125. The first-order valence-electron chi connectivity index (χ1n) is 5.28. The van der Waals surface area contributed by atoms with Gasteiger partial charge in [0.2, 0.25) is 0 Å². The zero-order valence-electron chi connectivity index (χ0n) is 9.58. The minimum absolute atomic E-state index is 0.170. The fraction of sp³-hybridized carbons (Fsp3) is 0.556. The number of hydrogen-bond acceptors (Lipinski definition) is 6. The van der Waals surface area contributed by atoms with Crippen LogP contribution in [0.1, 0.15) is 18.8 Å². The van der Waals surface area contributed by atoms with Gasteiger partial charge in [0, 0.05) is 12.4 Å². The van der Waals surface area contributed by atoms with E-state index in [2.05, 4.69) is 4.98 Å². The molecule has 0 amide bonds. The minimum atomic E-state index is -1.31. The molecule has 0 spiro atoms. The number of hydrogen-bond donors (Lipinski definition) is 3. The van der Waals surface area contributed by atoms with Gasteiger partial charge in [-0.3, -0.25) is 4.57 Å². The quantitative estimate of drug-likeness (QED) is 0.536. The summed E-state index contributed by atoms with van der Waals surface area (Å²) >= 11 is 0. The maximum absolute atomic E-state index is 13.6. The third-order valence-electron chi connectivity index (χ3n) is 2.65. The van der Waals surface area contributed by atoms with Crippen LogP contribution in [0, 0.1) is 5.82 Å². The summed E-state index contributed by atoms with van der Waals surface area (Å²) in [5.74, 6) is -1.07. The molecule has 2 heterocycles. The van der Waals surface area contributed by atoms with Crippen LogP contribution in [0.2, 0.25) is 0 Å². The molecule has 0 aliphatic carbocycles. The Morgan fingerprint density at radius 2 is 2.50 bits per heavy atom. The molecule has 3 N–H and O–H groups in total. The van der Waals surface area contributed by atoms with Gasteiger partial charge in [-0.2, -0.15) is 10.5 Å². The molecule has 1 aliphatic rings. The van der Waals surface area contributed by atoms with Crippen molar-refractivity contribution in [3.05, 3.63) is 28.2 Å². The summed E-state index contributed by atoms with van der Waals surface area (Å²) in [7, 11) is -1.31. The molecular formula is C9H13FN3O4P. The molecule has 1 fully saturated rings. The second-order valence-electron chi connectivity index (χ2n) is 3.87. The molecule has 1 aromatic heterocycles. The molecule has 1 saturated heterocycles. The third-order valence-corrected chi connectivity index (χ3v) is 4.30. The van der Waals surface area contributed by atoms with Crippen LogP contribution >= 0.6 is 8.15 Å². The first kappa shape index (κ1) is 13.5. The smallest absolute Gasteiger partial charge is 0.350 e. The van der Waals surface area contributed by atoms with Crippen LogP contribution < -0.4 is 11.2 Å². The van der Waals surface area contributed by atoms with E-state index >= 15 is 0 Å². The summed E-state index contributed by atoms with van der Waals surface area (Å²) < 4.78 is 20.0. The largest absolute Gasteiger partial charge is 0.371 e. The standard InChI is InChI=1S/C9H13FN3O4P/c1-5-17-8(4-18(5)16)13-3-6(10)7(2-11-15)12-9(13)14/h3,5,8,11,15-16H,2,4H2,1H3/t5-,8+,18+/m0/s1. The number of aromatic nitrogens is 2. The van der Waals surface area contributed by atoms with E-state index in [9.17, 15) is 14.1 Å². The highest BCUT2D eigenvalue weighted by Crippen LogP contribution is 2.47. The summed E-state index contributed by atoms with van der Waals surface area (Å²) in [6.45, 7) is 1.45. The molecule has 1 aromatic rings. The monoisotopic (exact) mass is 277 g/mol. The Kier molecular flexibility index (Phi) is 4.04. The number of ether oxygens (including phenoxy) is 1. The molecule has 2 rings (SSSR count). The topological polar surface area (TPSA) is 96.6 Å². The van der Waals surface area contributed by atoms with Crippen molar-refractivity contribution in [2.24, 2.45) is 0 Å². The lowest BCUT2D eigenvalue weighted by molar-refractivity contribution is 0.0213. The summed E-state index contributed by atoms with van der Waals surface area (Å²) in [6.07, 6.45) is 0.560. The van der Waals surface area contributed by atoms with Crippen molar-refractivity contribution in [3.63, 3.8) is 0 Å². The predicted molar refractivity (Wildman–Crippen MR) is 60.7 cm³/mol. The Hall–Kier alpha value is -0.920. The molecule has 1 aliphatic heterocycles. The molecule has 0 unspecified atom stereocenters. The molecular weight excluding hydrogens is 264 g/mol. The average molecular weight is 277 g/mol. The maximum Gasteiger partial charge on any atom is 0.350 e. The molecule has 0 saturated carbocycles. The van der Waals surface area contributed by atoms with Gasteiger partial charge in [-0.1, -0.05) is 0 Å². The number of nitrogens with one attached hydrogen (secondary N) is 1. The Bertz CT molecular complexity index is 487. The molecule has 0 bridgehead atoms. The first-order valence-corrected chi connectivity index (χ1v) is 6.83. The van der Waals surface area contributed by atoms with Gasteiger partial charge in [0.25, 0.3) is 0 Å².